The van der Waals surface area contributed by atoms with Crippen LogP contribution in [0.4, 0.5) is 0 Å². The average molecular weight is 458 g/mol. The zero-order chi connectivity index (χ0) is 22.1. The summed E-state index contributed by atoms with van der Waals surface area (Å²) >= 11 is 7.79. The quantitative estimate of drug-likeness (QED) is 0.111. The summed E-state index contributed by atoms with van der Waals surface area (Å²) in [6, 6.07) is 0. The fourth-order valence-corrected chi connectivity index (χ4v) is 5.27. The molecule has 0 aliphatic carbocycles. The minimum atomic E-state index is 1.18. The van der Waals surface area contributed by atoms with Crippen molar-refractivity contribution in [1.82, 2.24) is 4.90 Å². The van der Waals surface area contributed by atoms with Gasteiger partial charge in [-0.25, -0.2) is 0 Å². The second-order valence-corrected chi connectivity index (χ2v) is 10.8. The van der Waals surface area contributed by atoms with Crippen molar-refractivity contribution in [3.05, 3.63) is 0 Å². The van der Waals surface area contributed by atoms with E-state index in [1.54, 1.807) is 0 Å². The zero-order valence-electron chi connectivity index (χ0n) is 21.0. The molecule has 0 aliphatic rings. The molecule has 0 aliphatic heterocycles. The normalized spacial score (nSPS) is 11.2. The van der Waals surface area contributed by atoms with E-state index in [0.717, 1.165) is 0 Å². The molecular weight excluding hydrogens is 402 g/mol. The molecule has 30 heavy (non-hydrogen) atoms. The molecule has 1 nitrogen and oxygen atoms in total. The van der Waals surface area contributed by atoms with E-state index in [-0.39, 0.29) is 0 Å². The van der Waals surface area contributed by atoms with E-state index in [0.29, 0.717) is 0 Å². The number of unbranched alkanes of at least 4 members (excludes halogenated alkanes) is 17. The van der Waals surface area contributed by atoms with E-state index in [9.17, 15) is 0 Å². The lowest BCUT2D eigenvalue weighted by atomic mass is 10.1. The third-order valence-electron chi connectivity index (χ3n) is 6.04. The zero-order valence-corrected chi connectivity index (χ0v) is 22.7. The fourth-order valence-electron chi connectivity index (χ4n) is 3.95. The molecular formula is C27H55NS2. The Kier molecular flexibility index (Phi) is 25.7. The monoisotopic (exact) mass is 457 g/mol. The van der Waals surface area contributed by atoms with Crippen LogP contribution in [0.2, 0.25) is 0 Å². The van der Waals surface area contributed by atoms with Crippen LogP contribution < -0.4 is 0 Å². The van der Waals surface area contributed by atoms with Gasteiger partial charge in [-0.1, -0.05) is 154 Å². The van der Waals surface area contributed by atoms with Crippen molar-refractivity contribution >= 4 is 28.3 Å². The number of rotatable bonds is 23. The molecule has 0 aromatic carbocycles. The van der Waals surface area contributed by atoms with Crippen LogP contribution in [0, 0.1) is 0 Å². The van der Waals surface area contributed by atoms with Gasteiger partial charge in [-0.3, -0.25) is 0 Å². The van der Waals surface area contributed by atoms with Crippen molar-refractivity contribution in [2.24, 2.45) is 0 Å². The predicted octanol–water partition coefficient (Wildman–Crippen LogP) is 10.2. The summed E-state index contributed by atoms with van der Waals surface area (Å²) in [4.78, 5) is 2.55. The lowest BCUT2D eigenvalue weighted by Crippen LogP contribution is -2.30. The van der Waals surface area contributed by atoms with Gasteiger partial charge in [0.1, 0.15) is 4.32 Å². The molecule has 0 fully saturated rings. The molecule has 0 unspecified atom stereocenters. The van der Waals surface area contributed by atoms with E-state index in [4.69, 9.17) is 12.2 Å². The number of nitrogens with zero attached hydrogens (tertiary/aromatic N) is 1. The summed E-state index contributed by atoms with van der Waals surface area (Å²) in [5.74, 6) is 1.21. The molecule has 0 saturated carbocycles. The Morgan fingerprint density at radius 3 is 1.23 bits per heavy atom. The first-order valence-corrected chi connectivity index (χ1v) is 15.1. The van der Waals surface area contributed by atoms with Crippen LogP contribution in [0.1, 0.15) is 149 Å². The largest absolute Gasteiger partial charge is 0.358 e. The Labute approximate surface area is 200 Å². The van der Waals surface area contributed by atoms with Gasteiger partial charge in [0.2, 0.25) is 0 Å². The van der Waals surface area contributed by atoms with E-state index in [2.05, 4.69) is 25.7 Å². The molecule has 0 atom stereocenters. The highest BCUT2D eigenvalue weighted by Crippen LogP contribution is 2.17. The summed E-state index contributed by atoms with van der Waals surface area (Å²) in [5, 5.41) is 0. The number of hydrogen-bond acceptors (Lipinski definition) is 2. The van der Waals surface area contributed by atoms with E-state index in [1.165, 1.54) is 152 Å². The first kappa shape index (κ1) is 30.2. The van der Waals surface area contributed by atoms with Crippen LogP contribution >= 0.6 is 24.0 Å². The Bertz CT molecular complexity index is 326. The lowest BCUT2D eigenvalue weighted by molar-refractivity contribution is 0.394. The van der Waals surface area contributed by atoms with Gasteiger partial charge in [0.15, 0.2) is 0 Å². The summed E-state index contributed by atoms with van der Waals surface area (Å²) in [7, 11) is 0. The van der Waals surface area contributed by atoms with Crippen molar-refractivity contribution in [1.29, 1.82) is 0 Å². The molecule has 0 N–H and O–H groups in total. The molecule has 0 bridgehead atoms. The van der Waals surface area contributed by atoms with Crippen molar-refractivity contribution in [2.45, 2.75) is 149 Å². The van der Waals surface area contributed by atoms with Gasteiger partial charge in [0.05, 0.1) is 0 Å². The average Bonchev–Trinajstić information content (AvgIpc) is 2.75. The second kappa shape index (κ2) is 25.5. The third kappa shape index (κ3) is 21.5. The van der Waals surface area contributed by atoms with Gasteiger partial charge >= 0.3 is 0 Å². The first-order valence-electron chi connectivity index (χ1n) is 13.7. The smallest absolute Gasteiger partial charge is 0.136 e. The Morgan fingerprint density at radius 1 is 0.500 bits per heavy atom. The van der Waals surface area contributed by atoms with E-state index in [1.807, 2.05) is 11.8 Å². The van der Waals surface area contributed by atoms with E-state index >= 15 is 0 Å². The summed E-state index contributed by atoms with van der Waals surface area (Å²) in [5.41, 5.74) is 0. The van der Waals surface area contributed by atoms with Crippen molar-refractivity contribution < 1.29 is 0 Å². The highest BCUT2D eigenvalue weighted by molar-refractivity contribution is 8.22. The molecule has 0 radical (unpaired) electrons. The molecule has 0 spiro atoms. The number of hydrogen-bond donors (Lipinski definition) is 0. The van der Waals surface area contributed by atoms with Crippen LogP contribution in [-0.2, 0) is 0 Å². The molecule has 0 aromatic heterocycles. The third-order valence-corrected chi connectivity index (χ3v) is 7.65. The molecule has 0 heterocycles. The van der Waals surface area contributed by atoms with Gasteiger partial charge in [0, 0.05) is 18.8 Å². The summed E-state index contributed by atoms with van der Waals surface area (Å²) < 4.78 is 1.18. The van der Waals surface area contributed by atoms with Gasteiger partial charge in [-0.05, 0) is 19.3 Å². The predicted molar refractivity (Wildman–Crippen MR) is 146 cm³/mol. The maximum absolute atomic E-state index is 5.84. The molecule has 0 aromatic rings. The first-order chi connectivity index (χ1) is 14.8. The maximum atomic E-state index is 5.84. The van der Waals surface area contributed by atoms with Gasteiger partial charge < -0.3 is 4.90 Å². The summed E-state index contributed by atoms with van der Waals surface area (Å²) in [6.07, 6.45) is 27.7. The SMILES string of the molecule is CCCCCCCCCCN(CCCCCCCCCC)C(=S)SCCCCCC. The second-order valence-electron chi connectivity index (χ2n) is 9.11. The maximum Gasteiger partial charge on any atom is 0.136 e. The van der Waals surface area contributed by atoms with Crippen LogP contribution in [0.15, 0.2) is 0 Å². The van der Waals surface area contributed by atoms with Crippen molar-refractivity contribution in [3.8, 4) is 0 Å². The van der Waals surface area contributed by atoms with Crippen LogP contribution in [0.5, 0.6) is 0 Å². The summed E-state index contributed by atoms with van der Waals surface area (Å²) in [6.45, 7) is 9.25. The number of thiocarbonyl (C=S) groups is 1. The molecule has 0 amide bonds. The molecule has 3 heteroatoms. The van der Waals surface area contributed by atoms with Crippen molar-refractivity contribution in [3.63, 3.8) is 0 Å². The van der Waals surface area contributed by atoms with Crippen LogP contribution in [0.3, 0.4) is 0 Å². The van der Waals surface area contributed by atoms with Gasteiger partial charge in [0.25, 0.3) is 0 Å². The van der Waals surface area contributed by atoms with Gasteiger partial charge in [-0.15, -0.1) is 0 Å². The number of thioether (sulfide) groups is 1. The van der Waals surface area contributed by atoms with Crippen LogP contribution in [0.25, 0.3) is 0 Å². The Balaban J connectivity index is 4.01. The minimum Gasteiger partial charge on any atom is -0.358 e. The minimum absolute atomic E-state index is 1.18. The lowest BCUT2D eigenvalue weighted by Gasteiger charge is -2.25. The topological polar surface area (TPSA) is 3.24 Å². The van der Waals surface area contributed by atoms with Gasteiger partial charge in [-0.2, -0.15) is 0 Å². The highest BCUT2D eigenvalue weighted by atomic mass is 32.2. The van der Waals surface area contributed by atoms with Crippen molar-refractivity contribution in [2.75, 3.05) is 18.8 Å². The standard InChI is InChI=1S/C27H55NS2/c1-4-7-10-13-15-17-19-21-24-28(27(29)30-26-23-12-9-6-3)25-22-20-18-16-14-11-8-5-2/h4-26H2,1-3H3. The molecule has 0 rings (SSSR count). The molecule has 180 valence electrons. The Hall–Kier alpha value is 0.240. The van der Waals surface area contributed by atoms with E-state index < -0.39 is 0 Å². The molecule has 0 saturated heterocycles. The highest BCUT2D eigenvalue weighted by Gasteiger charge is 2.10. The van der Waals surface area contributed by atoms with Crippen LogP contribution in [-0.4, -0.2) is 28.1 Å². The Morgan fingerprint density at radius 2 is 0.833 bits per heavy atom. The fraction of sp³-hybridized carbons (Fsp3) is 0.963.